The minimum absolute atomic E-state index is 0.0992. The summed E-state index contributed by atoms with van der Waals surface area (Å²) >= 11 is 4.36. The number of benzene rings is 2. The third-order valence-corrected chi connectivity index (χ3v) is 8.28. The Bertz CT molecular complexity index is 1220. The van der Waals surface area contributed by atoms with Gasteiger partial charge in [0, 0.05) is 29.4 Å². The van der Waals surface area contributed by atoms with E-state index in [9.17, 15) is 13.2 Å². The van der Waals surface area contributed by atoms with E-state index in [4.69, 9.17) is 0 Å². The molecular formula is C19H16N4O3S4. The minimum Gasteiger partial charge on any atom is -0.326 e. The lowest BCUT2D eigenvalue weighted by Crippen LogP contribution is -2.14. The van der Waals surface area contributed by atoms with Crippen molar-refractivity contribution in [2.75, 3.05) is 15.8 Å². The number of nitrogens with zero attached hydrogens (tertiary/aromatic N) is 2. The van der Waals surface area contributed by atoms with Crippen LogP contribution in [0.2, 0.25) is 0 Å². The maximum atomic E-state index is 12.3. The Morgan fingerprint density at radius 1 is 1.10 bits per heavy atom. The van der Waals surface area contributed by atoms with E-state index in [0.29, 0.717) is 23.0 Å². The zero-order valence-corrected chi connectivity index (χ0v) is 18.7. The van der Waals surface area contributed by atoms with Crippen molar-refractivity contribution in [3.8, 4) is 0 Å². The first-order valence-electron chi connectivity index (χ1n) is 8.80. The van der Waals surface area contributed by atoms with Crippen LogP contribution in [0.25, 0.3) is 10.2 Å². The van der Waals surface area contributed by atoms with Gasteiger partial charge in [0.05, 0.1) is 15.1 Å². The van der Waals surface area contributed by atoms with Gasteiger partial charge in [-0.3, -0.25) is 9.52 Å². The van der Waals surface area contributed by atoms with Crippen LogP contribution >= 0.6 is 34.4 Å². The normalized spacial score (nSPS) is 11.5. The van der Waals surface area contributed by atoms with Crippen molar-refractivity contribution < 1.29 is 13.2 Å². The number of aromatic nitrogens is 2. The number of carbonyl (C=O) groups is 1. The van der Waals surface area contributed by atoms with E-state index in [0.717, 1.165) is 14.6 Å². The molecule has 30 heavy (non-hydrogen) atoms. The van der Waals surface area contributed by atoms with Crippen LogP contribution in [0.5, 0.6) is 0 Å². The van der Waals surface area contributed by atoms with E-state index in [1.807, 2.05) is 24.3 Å². The van der Waals surface area contributed by atoms with Gasteiger partial charge in [0.25, 0.3) is 10.0 Å². The summed E-state index contributed by atoms with van der Waals surface area (Å²) in [7, 11) is -3.71. The van der Waals surface area contributed by atoms with Crippen molar-refractivity contribution in [2.45, 2.75) is 15.7 Å². The molecule has 2 aromatic carbocycles. The number of carbonyl (C=O) groups excluding carboxylic acids is 1. The second-order valence-corrected chi connectivity index (χ2v) is 11.0. The molecule has 1 amide bonds. The molecular weight excluding hydrogens is 461 g/mol. The van der Waals surface area contributed by atoms with Crippen LogP contribution in [-0.4, -0.2) is 30.0 Å². The molecule has 2 heterocycles. The maximum Gasteiger partial charge on any atom is 0.263 e. The molecule has 0 atom stereocenters. The van der Waals surface area contributed by atoms with E-state index in [2.05, 4.69) is 20.0 Å². The summed E-state index contributed by atoms with van der Waals surface area (Å²) in [6.07, 6.45) is 1.85. The molecule has 2 aromatic heterocycles. The molecule has 0 saturated heterocycles. The Morgan fingerprint density at radius 2 is 1.90 bits per heavy atom. The Balaban J connectivity index is 1.29. The largest absolute Gasteiger partial charge is 0.326 e. The summed E-state index contributed by atoms with van der Waals surface area (Å²) in [4.78, 5) is 20.7. The van der Waals surface area contributed by atoms with Crippen LogP contribution < -0.4 is 10.0 Å². The number of nitrogens with one attached hydrogen (secondary N) is 2. The van der Waals surface area contributed by atoms with Crippen LogP contribution in [-0.2, 0) is 14.8 Å². The zero-order chi connectivity index (χ0) is 21.0. The molecule has 0 bridgehead atoms. The fourth-order valence-electron chi connectivity index (χ4n) is 2.53. The van der Waals surface area contributed by atoms with Crippen LogP contribution in [0.3, 0.4) is 0 Å². The fraction of sp³-hybridized carbons (Fsp3) is 0.105. The van der Waals surface area contributed by atoms with Gasteiger partial charge in [-0.15, -0.1) is 22.7 Å². The third-order valence-electron chi connectivity index (χ3n) is 3.93. The second kappa shape index (κ2) is 9.13. The molecule has 2 N–H and O–H groups in total. The van der Waals surface area contributed by atoms with Gasteiger partial charge in [-0.05, 0) is 36.4 Å². The molecule has 4 rings (SSSR count). The molecule has 0 aliphatic rings. The first-order chi connectivity index (χ1) is 14.5. The number of hydrogen-bond donors (Lipinski definition) is 2. The van der Waals surface area contributed by atoms with Crippen molar-refractivity contribution in [1.82, 2.24) is 9.97 Å². The Morgan fingerprint density at radius 3 is 2.63 bits per heavy atom. The summed E-state index contributed by atoms with van der Waals surface area (Å²) in [5, 5.41) is 4.77. The highest BCUT2D eigenvalue weighted by molar-refractivity contribution is 8.01. The molecule has 0 saturated carbocycles. The summed E-state index contributed by atoms with van der Waals surface area (Å²) in [6.45, 7) is 0. The van der Waals surface area contributed by atoms with Crippen molar-refractivity contribution in [2.24, 2.45) is 0 Å². The molecule has 7 nitrogen and oxygen atoms in total. The quantitative estimate of drug-likeness (QED) is 0.358. The zero-order valence-electron chi connectivity index (χ0n) is 15.4. The summed E-state index contributed by atoms with van der Waals surface area (Å²) in [6, 6.07) is 14.0. The standard InChI is InChI=1S/C19H16N4O3S4/c24-17(9-11-28-19-22-15-3-1-2-4-16(15)29-19)21-13-5-7-14(8-6-13)30(25,26)23-18-20-10-12-27-18/h1-8,10,12H,9,11H2,(H,20,23)(H,21,24). The van der Waals surface area contributed by atoms with E-state index >= 15 is 0 Å². The van der Waals surface area contributed by atoms with E-state index in [1.54, 1.807) is 40.6 Å². The summed E-state index contributed by atoms with van der Waals surface area (Å²) in [5.74, 6) is 0.468. The molecule has 0 fully saturated rings. The molecule has 4 aromatic rings. The average molecular weight is 477 g/mol. The number of anilines is 2. The molecule has 0 spiro atoms. The average Bonchev–Trinajstić information content (AvgIpc) is 3.37. The lowest BCUT2D eigenvalue weighted by atomic mass is 10.3. The number of amides is 1. The van der Waals surface area contributed by atoms with Gasteiger partial charge < -0.3 is 5.32 Å². The minimum atomic E-state index is -3.71. The van der Waals surface area contributed by atoms with Crippen molar-refractivity contribution in [1.29, 1.82) is 0 Å². The Kier molecular flexibility index (Phi) is 6.32. The van der Waals surface area contributed by atoms with Crippen LogP contribution in [0.4, 0.5) is 10.8 Å². The van der Waals surface area contributed by atoms with Gasteiger partial charge in [0.15, 0.2) is 9.47 Å². The monoisotopic (exact) mass is 476 g/mol. The number of fused-ring (bicyclic) bond motifs is 1. The smallest absolute Gasteiger partial charge is 0.263 e. The number of sulfonamides is 1. The number of thiazole rings is 2. The predicted octanol–water partition coefficient (Wildman–Crippen LogP) is 4.67. The number of para-hydroxylation sites is 1. The van der Waals surface area contributed by atoms with Gasteiger partial charge in [-0.2, -0.15) is 0 Å². The molecule has 0 aliphatic heterocycles. The first kappa shape index (κ1) is 20.8. The summed E-state index contributed by atoms with van der Waals surface area (Å²) in [5.41, 5.74) is 1.51. The number of thioether (sulfide) groups is 1. The Hall–Kier alpha value is -2.47. The molecule has 0 radical (unpaired) electrons. The number of hydrogen-bond acceptors (Lipinski definition) is 8. The highest BCUT2D eigenvalue weighted by atomic mass is 32.2. The molecule has 154 valence electrons. The predicted molar refractivity (Wildman–Crippen MR) is 123 cm³/mol. The topological polar surface area (TPSA) is 101 Å². The Labute approximate surface area is 185 Å². The van der Waals surface area contributed by atoms with E-state index in [1.165, 1.54) is 29.7 Å². The lowest BCUT2D eigenvalue weighted by molar-refractivity contribution is -0.115. The van der Waals surface area contributed by atoms with Crippen molar-refractivity contribution in [3.05, 3.63) is 60.1 Å². The van der Waals surface area contributed by atoms with Crippen molar-refractivity contribution >= 4 is 71.4 Å². The second-order valence-electron chi connectivity index (χ2n) is 6.06. The molecule has 11 heteroatoms. The fourth-order valence-corrected chi connectivity index (χ4v) is 6.40. The van der Waals surface area contributed by atoms with E-state index < -0.39 is 10.0 Å². The van der Waals surface area contributed by atoms with Gasteiger partial charge in [-0.25, -0.2) is 18.4 Å². The van der Waals surface area contributed by atoms with E-state index in [-0.39, 0.29) is 10.8 Å². The van der Waals surface area contributed by atoms with Gasteiger partial charge in [0.2, 0.25) is 5.91 Å². The van der Waals surface area contributed by atoms with Gasteiger partial charge >= 0.3 is 0 Å². The molecule has 0 unspecified atom stereocenters. The number of rotatable bonds is 8. The van der Waals surface area contributed by atoms with Gasteiger partial charge in [0.1, 0.15) is 0 Å². The molecule has 0 aliphatic carbocycles. The summed E-state index contributed by atoms with van der Waals surface area (Å²) < 4.78 is 29.1. The van der Waals surface area contributed by atoms with Gasteiger partial charge in [-0.1, -0.05) is 23.9 Å². The highest BCUT2D eigenvalue weighted by Crippen LogP contribution is 2.29. The SMILES string of the molecule is O=C(CCSc1nc2ccccc2s1)Nc1ccc(S(=O)(=O)Nc2nccs2)cc1. The third kappa shape index (κ3) is 5.17. The first-order valence-corrected chi connectivity index (χ1v) is 13.0. The highest BCUT2D eigenvalue weighted by Gasteiger charge is 2.15. The van der Waals surface area contributed by atoms with Crippen molar-refractivity contribution in [3.63, 3.8) is 0 Å². The van der Waals surface area contributed by atoms with Crippen LogP contribution in [0, 0.1) is 0 Å². The lowest BCUT2D eigenvalue weighted by Gasteiger charge is -2.08. The van der Waals surface area contributed by atoms with Crippen LogP contribution in [0.1, 0.15) is 6.42 Å². The van der Waals surface area contributed by atoms with Crippen LogP contribution in [0.15, 0.2) is 69.3 Å². The maximum absolute atomic E-state index is 12.3.